The molecule has 102 valence electrons. The highest BCUT2D eigenvalue weighted by molar-refractivity contribution is 5.26. The molecule has 0 saturated carbocycles. The molecule has 0 aromatic heterocycles. The minimum Gasteiger partial charge on any atom is -0.396 e. The predicted molar refractivity (Wildman–Crippen MR) is 64.2 cm³/mol. The van der Waals surface area contributed by atoms with Crippen molar-refractivity contribution in [2.75, 3.05) is 13.2 Å². The average Bonchev–Trinajstić information content (AvgIpc) is 2.33. The molecule has 0 aliphatic heterocycles. The second kappa shape index (κ2) is 6.75. The van der Waals surface area contributed by atoms with E-state index in [1.54, 1.807) is 0 Å². The highest BCUT2D eigenvalue weighted by Crippen LogP contribution is 2.29. The maximum atomic E-state index is 12.4. The summed E-state index contributed by atoms with van der Waals surface area (Å²) in [6, 6.07) is 5.19. The van der Waals surface area contributed by atoms with Crippen LogP contribution in [0.3, 0.4) is 0 Å². The van der Waals surface area contributed by atoms with Crippen molar-refractivity contribution in [3.8, 4) is 0 Å². The van der Waals surface area contributed by atoms with Gasteiger partial charge in [0, 0.05) is 12.6 Å². The molecular formula is C13H18F3NO. The molecule has 2 N–H and O–H groups in total. The molecule has 1 aromatic rings. The lowest BCUT2D eigenvalue weighted by molar-refractivity contribution is -0.137. The van der Waals surface area contributed by atoms with E-state index in [4.69, 9.17) is 5.11 Å². The zero-order valence-electron chi connectivity index (χ0n) is 10.3. The Morgan fingerprint density at radius 1 is 1.17 bits per heavy atom. The summed E-state index contributed by atoms with van der Waals surface area (Å²) >= 11 is 0. The second-order valence-corrected chi connectivity index (χ2v) is 4.23. The first kappa shape index (κ1) is 15.0. The van der Waals surface area contributed by atoms with Gasteiger partial charge in [0.25, 0.3) is 0 Å². The number of unbranched alkanes of at least 4 members (excludes halogenated alkanes) is 1. The van der Waals surface area contributed by atoms with Crippen molar-refractivity contribution < 1.29 is 18.3 Å². The van der Waals surface area contributed by atoms with Gasteiger partial charge in [-0.2, -0.15) is 13.2 Å². The third-order valence-corrected chi connectivity index (χ3v) is 2.77. The summed E-state index contributed by atoms with van der Waals surface area (Å²) in [5.41, 5.74) is 0.200. The smallest absolute Gasteiger partial charge is 0.396 e. The number of rotatable bonds is 6. The number of halogens is 3. The van der Waals surface area contributed by atoms with E-state index in [2.05, 4.69) is 5.32 Å². The van der Waals surface area contributed by atoms with Crippen molar-refractivity contribution in [3.63, 3.8) is 0 Å². The zero-order chi connectivity index (χ0) is 13.6. The van der Waals surface area contributed by atoms with Crippen LogP contribution >= 0.6 is 0 Å². The summed E-state index contributed by atoms with van der Waals surface area (Å²) in [4.78, 5) is 0. The molecular weight excluding hydrogens is 243 g/mol. The molecule has 0 spiro atoms. The number of benzene rings is 1. The molecule has 1 unspecified atom stereocenters. The van der Waals surface area contributed by atoms with Crippen molar-refractivity contribution in [1.29, 1.82) is 0 Å². The van der Waals surface area contributed by atoms with E-state index < -0.39 is 11.7 Å². The number of hydrogen-bond acceptors (Lipinski definition) is 2. The van der Waals surface area contributed by atoms with Gasteiger partial charge >= 0.3 is 6.18 Å². The van der Waals surface area contributed by atoms with Crippen LogP contribution in [0.5, 0.6) is 0 Å². The van der Waals surface area contributed by atoms with Crippen LogP contribution in [0, 0.1) is 0 Å². The summed E-state index contributed by atoms with van der Waals surface area (Å²) in [5.74, 6) is 0. The summed E-state index contributed by atoms with van der Waals surface area (Å²) in [5, 5.41) is 11.8. The highest BCUT2D eigenvalue weighted by atomic mass is 19.4. The molecule has 0 bridgehead atoms. The maximum Gasteiger partial charge on any atom is 0.416 e. The van der Waals surface area contributed by atoms with Crippen LogP contribution in [0.1, 0.15) is 36.9 Å². The van der Waals surface area contributed by atoms with Crippen LogP contribution < -0.4 is 5.32 Å². The Bertz CT molecular complexity index is 348. The van der Waals surface area contributed by atoms with Gasteiger partial charge in [-0.15, -0.1) is 0 Å². The van der Waals surface area contributed by atoms with Crippen molar-refractivity contribution in [2.45, 2.75) is 32.0 Å². The number of nitrogens with one attached hydrogen (secondary N) is 1. The zero-order valence-corrected chi connectivity index (χ0v) is 10.3. The Morgan fingerprint density at radius 3 is 2.28 bits per heavy atom. The van der Waals surface area contributed by atoms with Crippen LogP contribution in [0.2, 0.25) is 0 Å². The quantitative estimate of drug-likeness (QED) is 0.771. The van der Waals surface area contributed by atoms with Crippen LogP contribution in [0.25, 0.3) is 0 Å². The highest BCUT2D eigenvalue weighted by Gasteiger charge is 2.30. The fraction of sp³-hybridized carbons (Fsp3) is 0.538. The molecule has 5 heteroatoms. The molecule has 0 heterocycles. The molecule has 0 amide bonds. The monoisotopic (exact) mass is 261 g/mol. The van der Waals surface area contributed by atoms with Crippen LogP contribution in [0.15, 0.2) is 24.3 Å². The summed E-state index contributed by atoms with van der Waals surface area (Å²) in [7, 11) is 0. The van der Waals surface area contributed by atoms with E-state index in [1.807, 2.05) is 6.92 Å². The first-order chi connectivity index (χ1) is 8.45. The Labute approximate surface area is 105 Å². The largest absolute Gasteiger partial charge is 0.416 e. The molecule has 0 saturated heterocycles. The van der Waals surface area contributed by atoms with Crippen LogP contribution in [-0.4, -0.2) is 18.3 Å². The van der Waals surface area contributed by atoms with E-state index in [9.17, 15) is 13.2 Å². The number of aliphatic hydroxyl groups is 1. The molecule has 2 nitrogen and oxygen atoms in total. The lowest BCUT2D eigenvalue weighted by Crippen LogP contribution is -2.20. The van der Waals surface area contributed by atoms with Gasteiger partial charge in [-0.05, 0) is 44.0 Å². The summed E-state index contributed by atoms with van der Waals surface area (Å²) in [6.07, 6.45) is -2.70. The molecule has 1 atom stereocenters. The topological polar surface area (TPSA) is 32.3 Å². The summed E-state index contributed by atoms with van der Waals surface area (Å²) in [6.45, 7) is 2.81. The van der Waals surface area contributed by atoms with Crippen molar-refractivity contribution in [2.24, 2.45) is 0 Å². The van der Waals surface area contributed by atoms with Crippen molar-refractivity contribution >= 4 is 0 Å². The first-order valence-electron chi connectivity index (χ1n) is 5.96. The van der Waals surface area contributed by atoms with E-state index >= 15 is 0 Å². The third-order valence-electron chi connectivity index (χ3n) is 2.77. The number of aliphatic hydroxyl groups excluding tert-OH is 1. The Balaban J connectivity index is 2.51. The van der Waals surface area contributed by atoms with Crippen molar-refractivity contribution in [3.05, 3.63) is 35.4 Å². The predicted octanol–water partition coefficient (Wildman–Crippen LogP) is 3.13. The van der Waals surface area contributed by atoms with Gasteiger partial charge in [0.2, 0.25) is 0 Å². The first-order valence-corrected chi connectivity index (χ1v) is 5.96. The minimum atomic E-state index is -4.28. The lowest BCUT2D eigenvalue weighted by atomic mass is 10.1. The molecule has 1 rings (SSSR count). The molecule has 0 aliphatic rings. The standard InChI is InChI=1S/C13H18F3NO/c1-10(17-8-2-3-9-18)11-4-6-12(7-5-11)13(14,15)16/h4-7,10,17-18H,2-3,8-9H2,1H3. The number of hydrogen-bond donors (Lipinski definition) is 2. The van der Waals surface area contributed by atoms with Gasteiger partial charge in [0.1, 0.15) is 0 Å². The van der Waals surface area contributed by atoms with Gasteiger partial charge in [-0.3, -0.25) is 0 Å². The second-order valence-electron chi connectivity index (χ2n) is 4.23. The van der Waals surface area contributed by atoms with Gasteiger partial charge in [-0.1, -0.05) is 12.1 Å². The Hall–Kier alpha value is -1.07. The third kappa shape index (κ3) is 4.66. The average molecular weight is 261 g/mol. The van der Waals surface area contributed by atoms with E-state index in [1.165, 1.54) is 12.1 Å². The molecule has 0 fully saturated rings. The molecule has 1 aromatic carbocycles. The molecule has 0 aliphatic carbocycles. The van der Waals surface area contributed by atoms with Gasteiger partial charge in [-0.25, -0.2) is 0 Å². The minimum absolute atomic E-state index is 0.00553. The van der Waals surface area contributed by atoms with Gasteiger partial charge in [0.05, 0.1) is 5.56 Å². The fourth-order valence-corrected chi connectivity index (χ4v) is 1.63. The Kier molecular flexibility index (Phi) is 5.62. The lowest BCUT2D eigenvalue weighted by Gasteiger charge is -2.15. The normalized spacial score (nSPS) is 13.6. The Morgan fingerprint density at radius 2 is 1.78 bits per heavy atom. The maximum absolute atomic E-state index is 12.4. The van der Waals surface area contributed by atoms with E-state index in [-0.39, 0.29) is 12.6 Å². The molecule has 18 heavy (non-hydrogen) atoms. The van der Waals surface area contributed by atoms with Crippen LogP contribution in [-0.2, 0) is 6.18 Å². The van der Waals surface area contributed by atoms with Gasteiger partial charge in [0.15, 0.2) is 0 Å². The SMILES string of the molecule is CC(NCCCCO)c1ccc(C(F)(F)F)cc1. The van der Waals surface area contributed by atoms with Crippen molar-refractivity contribution in [1.82, 2.24) is 5.32 Å². The van der Waals surface area contributed by atoms with E-state index in [0.717, 1.165) is 37.1 Å². The molecule has 0 radical (unpaired) electrons. The fourth-order valence-electron chi connectivity index (χ4n) is 1.63. The van der Waals surface area contributed by atoms with E-state index in [0.29, 0.717) is 0 Å². The van der Waals surface area contributed by atoms with Gasteiger partial charge < -0.3 is 10.4 Å². The van der Waals surface area contributed by atoms with Crippen LogP contribution in [0.4, 0.5) is 13.2 Å². The number of alkyl halides is 3. The summed E-state index contributed by atoms with van der Waals surface area (Å²) < 4.78 is 37.1.